The van der Waals surface area contributed by atoms with Gasteiger partial charge in [-0.3, -0.25) is 0 Å². The first-order chi connectivity index (χ1) is 4.10. The Kier molecular flexibility index (Phi) is 2.10. The minimum Gasteiger partial charge on any atom is -0.333 e. The number of hydrogen-bond acceptors (Lipinski definition) is 2. The summed E-state index contributed by atoms with van der Waals surface area (Å²) in [7, 11) is 0.233. The highest BCUT2D eigenvalue weighted by Gasteiger charge is 2.26. The summed E-state index contributed by atoms with van der Waals surface area (Å²) in [5.74, 6) is 0. The molecular weight excluding hydrogens is 135 g/mol. The van der Waals surface area contributed by atoms with E-state index in [1.54, 1.807) is 0 Å². The maximum atomic E-state index is 5.34. The van der Waals surface area contributed by atoms with Gasteiger partial charge in [0.25, 0.3) is 0 Å². The highest BCUT2D eigenvalue weighted by molar-refractivity contribution is 7.26. The average Bonchev–Trinajstić information content (AvgIpc) is 1.60. The van der Waals surface area contributed by atoms with Crippen LogP contribution in [0.2, 0.25) is 0 Å². The van der Waals surface area contributed by atoms with Crippen molar-refractivity contribution in [3.63, 3.8) is 0 Å². The standard InChI is InChI=1S/C6H13O2P/c1-5-4-6(2,3)8-9-7-5/h5,9H,4H2,1-3H3. The SMILES string of the molecule is CC1CC(C)(C)OPO1. The Morgan fingerprint density at radius 2 is 2.22 bits per heavy atom. The maximum absolute atomic E-state index is 5.34. The van der Waals surface area contributed by atoms with E-state index in [2.05, 4.69) is 20.8 Å². The van der Waals surface area contributed by atoms with Gasteiger partial charge < -0.3 is 9.05 Å². The molecule has 0 aromatic carbocycles. The Labute approximate surface area is 57.9 Å². The number of rotatable bonds is 0. The molecule has 54 valence electrons. The smallest absolute Gasteiger partial charge is 0.155 e. The summed E-state index contributed by atoms with van der Waals surface area (Å²) in [6, 6.07) is 0. The molecule has 0 N–H and O–H groups in total. The molecule has 9 heavy (non-hydrogen) atoms. The van der Waals surface area contributed by atoms with Crippen LogP contribution in [0.25, 0.3) is 0 Å². The summed E-state index contributed by atoms with van der Waals surface area (Å²) in [4.78, 5) is 0. The maximum Gasteiger partial charge on any atom is 0.155 e. The van der Waals surface area contributed by atoms with E-state index >= 15 is 0 Å². The van der Waals surface area contributed by atoms with E-state index in [0.29, 0.717) is 6.10 Å². The summed E-state index contributed by atoms with van der Waals surface area (Å²) in [6.45, 7) is 6.27. The van der Waals surface area contributed by atoms with Gasteiger partial charge in [0, 0.05) is 6.42 Å². The van der Waals surface area contributed by atoms with Crippen LogP contribution in [-0.2, 0) is 9.05 Å². The van der Waals surface area contributed by atoms with Crippen molar-refractivity contribution >= 4 is 9.03 Å². The van der Waals surface area contributed by atoms with E-state index in [0.717, 1.165) is 6.42 Å². The van der Waals surface area contributed by atoms with E-state index in [1.165, 1.54) is 0 Å². The summed E-state index contributed by atoms with van der Waals surface area (Å²) < 4.78 is 10.6. The monoisotopic (exact) mass is 148 g/mol. The van der Waals surface area contributed by atoms with Crippen LogP contribution in [0.3, 0.4) is 0 Å². The van der Waals surface area contributed by atoms with Gasteiger partial charge in [0.1, 0.15) is 0 Å². The van der Waals surface area contributed by atoms with Gasteiger partial charge in [-0.25, -0.2) is 0 Å². The van der Waals surface area contributed by atoms with Crippen LogP contribution in [0.4, 0.5) is 0 Å². The molecule has 0 radical (unpaired) electrons. The molecule has 1 fully saturated rings. The fourth-order valence-electron chi connectivity index (χ4n) is 0.995. The lowest BCUT2D eigenvalue weighted by atomic mass is 10.0. The van der Waals surface area contributed by atoms with Crippen molar-refractivity contribution in [2.45, 2.75) is 38.9 Å². The molecule has 1 saturated heterocycles. The molecule has 1 aliphatic heterocycles. The summed E-state index contributed by atoms with van der Waals surface area (Å²) >= 11 is 0. The van der Waals surface area contributed by atoms with Crippen LogP contribution >= 0.6 is 9.03 Å². The second-order valence-electron chi connectivity index (χ2n) is 3.08. The van der Waals surface area contributed by atoms with Gasteiger partial charge in [0.05, 0.1) is 11.7 Å². The Morgan fingerprint density at radius 1 is 1.56 bits per heavy atom. The highest BCUT2D eigenvalue weighted by atomic mass is 31.1. The topological polar surface area (TPSA) is 18.5 Å². The lowest BCUT2D eigenvalue weighted by Gasteiger charge is -2.32. The summed E-state index contributed by atoms with van der Waals surface area (Å²) in [5, 5.41) is 0. The van der Waals surface area contributed by atoms with E-state index in [-0.39, 0.29) is 14.6 Å². The molecule has 1 aliphatic rings. The fraction of sp³-hybridized carbons (Fsp3) is 1.00. The van der Waals surface area contributed by atoms with Gasteiger partial charge in [-0.1, -0.05) is 0 Å². The van der Waals surface area contributed by atoms with Crippen molar-refractivity contribution in [3.8, 4) is 0 Å². The van der Waals surface area contributed by atoms with Gasteiger partial charge in [-0.15, -0.1) is 0 Å². The third-order valence-corrected chi connectivity index (χ3v) is 2.48. The first-order valence-electron chi connectivity index (χ1n) is 3.19. The van der Waals surface area contributed by atoms with Gasteiger partial charge in [0.2, 0.25) is 0 Å². The zero-order valence-corrected chi connectivity index (χ0v) is 7.10. The fourth-order valence-corrected chi connectivity index (χ4v) is 1.60. The van der Waals surface area contributed by atoms with Gasteiger partial charge in [0.15, 0.2) is 9.03 Å². The van der Waals surface area contributed by atoms with E-state index in [1.807, 2.05) is 0 Å². The van der Waals surface area contributed by atoms with Crippen LogP contribution in [-0.4, -0.2) is 11.7 Å². The summed E-state index contributed by atoms with van der Waals surface area (Å²) in [6.07, 6.45) is 1.37. The second-order valence-corrected chi connectivity index (χ2v) is 3.68. The van der Waals surface area contributed by atoms with E-state index in [9.17, 15) is 0 Å². The molecule has 3 heteroatoms. The predicted molar refractivity (Wildman–Crippen MR) is 38.6 cm³/mol. The zero-order valence-electron chi connectivity index (χ0n) is 6.10. The lowest BCUT2D eigenvalue weighted by Crippen LogP contribution is -2.30. The molecular formula is C6H13O2P. The third kappa shape index (κ3) is 2.21. The highest BCUT2D eigenvalue weighted by Crippen LogP contribution is 2.35. The van der Waals surface area contributed by atoms with Crippen LogP contribution < -0.4 is 0 Å². The molecule has 0 aliphatic carbocycles. The van der Waals surface area contributed by atoms with Crippen molar-refractivity contribution < 1.29 is 9.05 Å². The Balaban J connectivity index is 2.41. The molecule has 0 spiro atoms. The second kappa shape index (κ2) is 2.53. The van der Waals surface area contributed by atoms with Gasteiger partial charge >= 0.3 is 0 Å². The first-order valence-corrected chi connectivity index (χ1v) is 4.00. The molecule has 0 bridgehead atoms. The Bertz CT molecular complexity index is 103. The van der Waals surface area contributed by atoms with Crippen molar-refractivity contribution in [1.29, 1.82) is 0 Å². The zero-order chi connectivity index (χ0) is 6.91. The van der Waals surface area contributed by atoms with Crippen LogP contribution in [0, 0.1) is 0 Å². The van der Waals surface area contributed by atoms with Crippen molar-refractivity contribution in [2.24, 2.45) is 0 Å². The largest absolute Gasteiger partial charge is 0.333 e. The minimum absolute atomic E-state index is 0.0378. The van der Waals surface area contributed by atoms with Crippen LogP contribution in [0.5, 0.6) is 0 Å². The van der Waals surface area contributed by atoms with E-state index in [4.69, 9.17) is 9.05 Å². The quantitative estimate of drug-likeness (QED) is 0.490. The molecule has 2 nitrogen and oxygen atoms in total. The molecule has 0 aromatic heterocycles. The van der Waals surface area contributed by atoms with Crippen LogP contribution in [0.15, 0.2) is 0 Å². The molecule has 1 rings (SSSR count). The van der Waals surface area contributed by atoms with E-state index < -0.39 is 0 Å². The third-order valence-electron chi connectivity index (χ3n) is 1.35. The molecule has 0 saturated carbocycles. The molecule has 0 aromatic rings. The molecule has 2 atom stereocenters. The van der Waals surface area contributed by atoms with Gasteiger partial charge in [-0.05, 0) is 20.8 Å². The summed E-state index contributed by atoms with van der Waals surface area (Å²) in [5.41, 5.74) is 0.0378. The van der Waals surface area contributed by atoms with Crippen LogP contribution in [0.1, 0.15) is 27.2 Å². The Morgan fingerprint density at radius 3 is 2.56 bits per heavy atom. The van der Waals surface area contributed by atoms with Crippen molar-refractivity contribution in [2.75, 3.05) is 0 Å². The van der Waals surface area contributed by atoms with Gasteiger partial charge in [-0.2, -0.15) is 0 Å². The molecule has 2 unspecified atom stereocenters. The normalized spacial score (nSPS) is 37.0. The minimum atomic E-state index is 0.0378. The predicted octanol–water partition coefficient (Wildman–Crippen LogP) is 2.10. The van der Waals surface area contributed by atoms with Crippen molar-refractivity contribution in [1.82, 2.24) is 0 Å². The average molecular weight is 148 g/mol. The van der Waals surface area contributed by atoms with Crippen molar-refractivity contribution in [3.05, 3.63) is 0 Å². The molecule has 0 amide bonds. The number of hydrogen-bond donors (Lipinski definition) is 0. The first kappa shape index (κ1) is 7.46. The molecule has 1 heterocycles. The lowest BCUT2D eigenvalue weighted by molar-refractivity contribution is 0.0148. The Hall–Kier alpha value is 0.350.